The first-order valence-electron chi connectivity index (χ1n) is 7.85. The van der Waals surface area contributed by atoms with Crippen molar-refractivity contribution < 1.29 is 4.79 Å². The summed E-state index contributed by atoms with van der Waals surface area (Å²) in [6.45, 7) is 3.04. The number of nitrogens with zero attached hydrogens (tertiary/aromatic N) is 2. The molecular formula is C19H21N3O. The number of nitrogen functional groups attached to an aromatic ring is 1. The van der Waals surface area contributed by atoms with Crippen molar-refractivity contribution in [3.05, 3.63) is 66.2 Å². The summed E-state index contributed by atoms with van der Waals surface area (Å²) in [5, 5.41) is 0. The van der Waals surface area contributed by atoms with Gasteiger partial charge in [0.05, 0.1) is 11.4 Å². The van der Waals surface area contributed by atoms with E-state index in [4.69, 9.17) is 5.73 Å². The largest absolute Gasteiger partial charge is 0.397 e. The van der Waals surface area contributed by atoms with Gasteiger partial charge in [-0.1, -0.05) is 42.5 Å². The van der Waals surface area contributed by atoms with Crippen molar-refractivity contribution in [2.45, 2.75) is 0 Å². The van der Waals surface area contributed by atoms with Crippen LogP contribution in [0.3, 0.4) is 0 Å². The summed E-state index contributed by atoms with van der Waals surface area (Å²) in [6.07, 6.45) is 3.52. The number of benzene rings is 2. The summed E-state index contributed by atoms with van der Waals surface area (Å²) >= 11 is 0. The van der Waals surface area contributed by atoms with Gasteiger partial charge >= 0.3 is 0 Å². The Labute approximate surface area is 136 Å². The molecule has 0 unspecified atom stereocenters. The molecule has 0 saturated carbocycles. The molecule has 0 bridgehead atoms. The maximum absolute atomic E-state index is 12.3. The number of piperazine rings is 1. The van der Waals surface area contributed by atoms with Gasteiger partial charge in [-0.3, -0.25) is 4.79 Å². The fourth-order valence-corrected chi connectivity index (χ4v) is 2.78. The summed E-state index contributed by atoms with van der Waals surface area (Å²) in [5.41, 5.74) is 8.91. The number of carbonyl (C=O) groups is 1. The molecule has 3 rings (SSSR count). The molecule has 2 N–H and O–H groups in total. The molecule has 23 heavy (non-hydrogen) atoms. The normalized spacial score (nSPS) is 15.1. The molecule has 2 aromatic carbocycles. The van der Waals surface area contributed by atoms with E-state index < -0.39 is 0 Å². The third-order valence-electron chi connectivity index (χ3n) is 4.09. The molecule has 4 nitrogen and oxygen atoms in total. The Morgan fingerprint density at radius 1 is 0.913 bits per heavy atom. The minimum Gasteiger partial charge on any atom is -0.397 e. The standard InChI is InChI=1S/C19H21N3O/c20-17-8-4-5-9-18(17)21-12-14-22(15-13-21)19(23)11-10-16-6-2-1-3-7-16/h1-11H,12-15,20H2/b11-10+. The van der Waals surface area contributed by atoms with Crippen LogP contribution in [-0.4, -0.2) is 37.0 Å². The number of para-hydroxylation sites is 2. The summed E-state index contributed by atoms with van der Waals surface area (Å²) < 4.78 is 0. The van der Waals surface area contributed by atoms with Gasteiger partial charge in [0.1, 0.15) is 0 Å². The van der Waals surface area contributed by atoms with Crippen molar-refractivity contribution in [3.8, 4) is 0 Å². The Kier molecular flexibility index (Phi) is 4.62. The number of hydrogen-bond acceptors (Lipinski definition) is 3. The summed E-state index contributed by atoms with van der Waals surface area (Å²) in [5.74, 6) is 0.0644. The molecule has 1 saturated heterocycles. The van der Waals surface area contributed by atoms with Crippen LogP contribution in [0.15, 0.2) is 60.7 Å². The fraction of sp³-hybridized carbons (Fsp3) is 0.211. The highest BCUT2D eigenvalue weighted by Crippen LogP contribution is 2.23. The van der Waals surface area contributed by atoms with E-state index in [1.807, 2.05) is 65.6 Å². The lowest BCUT2D eigenvalue weighted by atomic mass is 10.2. The van der Waals surface area contributed by atoms with Gasteiger partial charge in [0.2, 0.25) is 5.91 Å². The van der Waals surface area contributed by atoms with E-state index in [2.05, 4.69) is 4.90 Å². The third-order valence-corrected chi connectivity index (χ3v) is 4.09. The SMILES string of the molecule is Nc1ccccc1N1CCN(C(=O)/C=C/c2ccccc2)CC1. The Hall–Kier alpha value is -2.75. The second kappa shape index (κ2) is 7.01. The van der Waals surface area contributed by atoms with Crippen molar-refractivity contribution in [2.24, 2.45) is 0 Å². The van der Waals surface area contributed by atoms with Gasteiger partial charge in [-0.2, -0.15) is 0 Å². The van der Waals surface area contributed by atoms with Crippen LogP contribution in [0.5, 0.6) is 0 Å². The molecule has 1 aliphatic rings. The Morgan fingerprint density at radius 2 is 1.57 bits per heavy atom. The highest BCUT2D eigenvalue weighted by atomic mass is 16.2. The van der Waals surface area contributed by atoms with E-state index in [1.165, 1.54) is 0 Å². The van der Waals surface area contributed by atoms with Crippen molar-refractivity contribution in [3.63, 3.8) is 0 Å². The van der Waals surface area contributed by atoms with Crippen LogP contribution in [0.25, 0.3) is 6.08 Å². The Morgan fingerprint density at radius 3 is 2.26 bits per heavy atom. The average Bonchev–Trinajstić information content (AvgIpc) is 2.61. The van der Waals surface area contributed by atoms with Gasteiger partial charge in [0.15, 0.2) is 0 Å². The molecule has 1 amide bonds. The lowest BCUT2D eigenvalue weighted by Gasteiger charge is -2.36. The van der Waals surface area contributed by atoms with E-state index in [0.29, 0.717) is 13.1 Å². The summed E-state index contributed by atoms with van der Waals surface area (Å²) in [7, 11) is 0. The van der Waals surface area contributed by atoms with Gasteiger partial charge in [0, 0.05) is 32.3 Å². The maximum Gasteiger partial charge on any atom is 0.246 e. The number of anilines is 2. The summed E-state index contributed by atoms with van der Waals surface area (Å²) in [4.78, 5) is 16.4. The zero-order valence-corrected chi connectivity index (χ0v) is 13.1. The first-order chi connectivity index (χ1) is 11.2. The fourth-order valence-electron chi connectivity index (χ4n) is 2.78. The van der Waals surface area contributed by atoms with Gasteiger partial charge in [-0.25, -0.2) is 0 Å². The molecule has 0 aliphatic carbocycles. The molecule has 0 atom stereocenters. The second-order valence-electron chi connectivity index (χ2n) is 5.62. The molecule has 1 aliphatic heterocycles. The predicted molar refractivity (Wildman–Crippen MR) is 95.1 cm³/mol. The molecule has 1 heterocycles. The monoisotopic (exact) mass is 307 g/mol. The highest BCUT2D eigenvalue weighted by Gasteiger charge is 2.20. The molecule has 4 heteroatoms. The zero-order valence-electron chi connectivity index (χ0n) is 13.1. The predicted octanol–water partition coefficient (Wildman–Crippen LogP) is 2.63. The van der Waals surface area contributed by atoms with Gasteiger partial charge < -0.3 is 15.5 Å². The van der Waals surface area contributed by atoms with E-state index in [-0.39, 0.29) is 5.91 Å². The topological polar surface area (TPSA) is 49.6 Å². The van der Waals surface area contributed by atoms with Crippen LogP contribution in [0.4, 0.5) is 11.4 Å². The molecule has 0 spiro atoms. The van der Waals surface area contributed by atoms with E-state index >= 15 is 0 Å². The van der Waals surface area contributed by atoms with Crippen molar-refractivity contribution >= 4 is 23.4 Å². The molecule has 0 aromatic heterocycles. The molecule has 118 valence electrons. The second-order valence-corrected chi connectivity index (χ2v) is 5.62. The lowest BCUT2D eigenvalue weighted by molar-refractivity contribution is -0.126. The minimum atomic E-state index is 0.0644. The number of carbonyl (C=O) groups excluding carboxylic acids is 1. The highest BCUT2D eigenvalue weighted by molar-refractivity contribution is 5.92. The van der Waals surface area contributed by atoms with Crippen LogP contribution in [0.2, 0.25) is 0 Å². The zero-order chi connectivity index (χ0) is 16.1. The first-order valence-corrected chi connectivity index (χ1v) is 7.85. The Bertz CT molecular complexity index is 689. The molecule has 2 aromatic rings. The number of hydrogen-bond donors (Lipinski definition) is 1. The van der Waals surface area contributed by atoms with E-state index in [9.17, 15) is 4.79 Å². The number of amides is 1. The van der Waals surface area contributed by atoms with Crippen molar-refractivity contribution in [1.29, 1.82) is 0 Å². The number of rotatable bonds is 3. The Balaban J connectivity index is 1.57. The molecule has 1 fully saturated rings. The van der Waals surface area contributed by atoms with Gasteiger partial charge in [-0.05, 0) is 23.8 Å². The number of nitrogens with two attached hydrogens (primary N) is 1. The lowest BCUT2D eigenvalue weighted by Crippen LogP contribution is -2.48. The van der Waals surface area contributed by atoms with Crippen LogP contribution in [0.1, 0.15) is 5.56 Å². The molecular weight excluding hydrogens is 286 g/mol. The van der Waals surface area contributed by atoms with Gasteiger partial charge in [-0.15, -0.1) is 0 Å². The van der Waals surface area contributed by atoms with Crippen molar-refractivity contribution in [2.75, 3.05) is 36.8 Å². The quantitative estimate of drug-likeness (QED) is 0.700. The van der Waals surface area contributed by atoms with Crippen LogP contribution >= 0.6 is 0 Å². The minimum absolute atomic E-state index is 0.0644. The van der Waals surface area contributed by atoms with E-state index in [0.717, 1.165) is 30.0 Å². The van der Waals surface area contributed by atoms with Gasteiger partial charge in [0.25, 0.3) is 0 Å². The van der Waals surface area contributed by atoms with Crippen LogP contribution in [0, 0.1) is 0 Å². The van der Waals surface area contributed by atoms with Crippen LogP contribution < -0.4 is 10.6 Å². The first kappa shape index (κ1) is 15.2. The molecule has 0 radical (unpaired) electrons. The van der Waals surface area contributed by atoms with Crippen LogP contribution in [-0.2, 0) is 4.79 Å². The third kappa shape index (κ3) is 3.72. The average molecular weight is 307 g/mol. The van der Waals surface area contributed by atoms with E-state index in [1.54, 1.807) is 6.08 Å². The van der Waals surface area contributed by atoms with Crippen molar-refractivity contribution in [1.82, 2.24) is 4.90 Å². The summed E-state index contributed by atoms with van der Waals surface area (Å²) in [6, 6.07) is 17.7. The maximum atomic E-state index is 12.3. The smallest absolute Gasteiger partial charge is 0.246 e.